The number of anilines is 5. The average Bonchev–Trinajstić information content (AvgIpc) is 3.48. The third-order valence-electron chi connectivity index (χ3n) is 11.6. The van der Waals surface area contributed by atoms with Gasteiger partial charge in [0.05, 0.1) is 35.8 Å². The third kappa shape index (κ3) is 8.46. The Morgan fingerprint density at radius 1 is 0.917 bits per heavy atom. The van der Waals surface area contributed by atoms with Crippen LogP contribution in [-0.4, -0.2) is 120 Å². The molecule has 4 aromatic rings. The first-order valence-electron chi connectivity index (χ1n) is 19.9. The molecule has 3 saturated heterocycles. The van der Waals surface area contributed by atoms with E-state index in [1.165, 1.54) is 12.3 Å². The second-order valence-corrected chi connectivity index (χ2v) is 19.5. The summed E-state index contributed by atoms with van der Waals surface area (Å²) in [5.74, 6) is -2.22. The molecule has 3 fully saturated rings. The molecule has 15 nitrogen and oxygen atoms in total. The molecule has 18 heteroatoms. The highest BCUT2D eigenvalue weighted by molar-refractivity contribution is 7.70. The van der Waals surface area contributed by atoms with Crippen molar-refractivity contribution in [3.05, 3.63) is 88.3 Å². The number of methoxy groups -OCH3 is 1. The summed E-state index contributed by atoms with van der Waals surface area (Å²) >= 11 is 6.47. The number of fused-ring (bicyclic) bond motifs is 1. The fraction of sp³-hybridized carbons (Fsp3) is 0.381. The molecule has 5 heterocycles. The number of benzene rings is 3. The molecule has 0 saturated carbocycles. The van der Waals surface area contributed by atoms with E-state index in [1.54, 1.807) is 26.5 Å². The number of halogens is 2. The van der Waals surface area contributed by atoms with Gasteiger partial charge in [0.2, 0.25) is 17.8 Å². The second-order valence-electron chi connectivity index (χ2n) is 15.9. The van der Waals surface area contributed by atoms with E-state index in [-0.39, 0.29) is 24.0 Å². The number of aromatic nitrogens is 2. The molecule has 1 unspecified atom stereocenters. The minimum absolute atomic E-state index is 0.00369. The summed E-state index contributed by atoms with van der Waals surface area (Å²) in [5, 5.41) is 9.66. The Kier molecular flexibility index (Phi) is 11.7. The number of carbonyl (C=O) groups excluding carboxylic acids is 4. The van der Waals surface area contributed by atoms with Crippen LogP contribution in [0.5, 0.6) is 5.75 Å². The third-order valence-corrected chi connectivity index (χ3v) is 13.5. The van der Waals surface area contributed by atoms with Crippen molar-refractivity contribution in [3.8, 4) is 5.75 Å². The fourth-order valence-electron chi connectivity index (χ4n) is 8.52. The van der Waals surface area contributed by atoms with Gasteiger partial charge in [-0.15, -0.1) is 0 Å². The molecular weight excluding hydrogens is 812 g/mol. The van der Waals surface area contributed by atoms with E-state index in [0.29, 0.717) is 57.4 Å². The number of para-hydroxylation sites is 1. The number of carbonyl (C=O) groups is 4. The highest BCUT2D eigenvalue weighted by atomic mass is 35.5. The minimum atomic E-state index is -2.57. The van der Waals surface area contributed by atoms with Gasteiger partial charge < -0.3 is 24.8 Å². The van der Waals surface area contributed by atoms with Crippen LogP contribution in [0.15, 0.2) is 60.8 Å². The van der Waals surface area contributed by atoms with Crippen LogP contribution in [0.2, 0.25) is 5.02 Å². The van der Waals surface area contributed by atoms with Crippen LogP contribution in [-0.2, 0) is 20.7 Å². The van der Waals surface area contributed by atoms with E-state index in [9.17, 15) is 23.7 Å². The van der Waals surface area contributed by atoms with Gasteiger partial charge in [-0.2, -0.15) is 4.98 Å². The van der Waals surface area contributed by atoms with Crippen molar-refractivity contribution in [3.63, 3.8) is 0 Å². The summed E-state index contributed by atoms with van der Waals surface area (Å²) in [5.41, 5.74) is 2.61. The number of imide groups is 2. The SMILES string of the molecule is COc1cc(N2CCC(N3CCN(Cc4cc(F)c5c(c4)C(=O)N(C4CCC(=O)NC4=O)C5=O)CC3)CC2)ccc1Nc1ncc(Cl)c(Nc2ccccc2P(C)(C)=O)n1. The lowest BCUT2D eigenvalue weighted by molar-refractivity contribution is -0.136. The zero-order chi connectivity index (χ0) is 42.3. The van der Waals surface area contributed by atoms with Crippen LogP contribution in [0, 0.1) is 5.82 Å². The Balaban J connectivity index is 0.843. The number of amides is 4. The molecule has 3 aromatic carbocycles. The predicted octanol–water partition coefficient (Wildman–Crippen LogP) is 5.20. The van der Waals surface area contributed by atoms with Gasteiger partial charge >= 0.3 is 0 Å². The summed E-state index contributed by atoms with van der Waals surface area (Å²) < 4.78 is 34.0. The first kappa shape index (κ1) is 41.3. The normalized spacial score (nSPS) is 19.4. The Labute approximate surface area is 352 Å². The standard InChI is InChI=1S/C42H46ClFN9O6P/c1-59-34-22-27(8-9-31(34)47-42-45-23-29(43)38(49-42)46-32-6-4-5-7-35(32)60(2,3)58)51-14-12-26(13-15-51)52-18-16-50(17-19-52)24-25-20-28-37(30(44)21-25)41(57)53(40(28)56)33-10-11-36(54)48-39(33)55/h4-9,20-23,26,33H,10-19,24H2,1-3H3,(H,48,54,55)(H2,45,46,47,49). The predicted molar refractivity (Wildman–Crippen MR) is 227 cm³/mol. The summed E-state index contributed by atoms with van der Waals surface area (Å²) in [6.07, 6.45) is 3.49. The molecule has 4 aliphatic rings. The largest absolute Gasteiger partial charge is 0.494 e. The Morgan fingerprint density at radius 2 is 1.67 bits per heavy atom. The number of piperidine rings is 2. The van der Waals surface area contributed by atoms with Gasteiger partial charge in [0, 0.05) is 75.3 Å². The molecule has 3 N–H and O–H groups in total. The average molecular weight is 858 g/mol. The summed E-state index contributed by atoms with van der Waals surface area (Å²) in [7, 11) is -0.947. The van der Waals surface area contributed by atoms with Gasteiger partial charge in [0.15, 0.2) is 5.82 Å². The zero-order valence-corrected chi connectivity index (χ0v) is 35.2. The Hall–Kier alpha value is -5.41. The van der Waals surface area contributed by atoms with Crippen LogP contribution in [0.1, 0.15) is 52.0 Å². The van der Waals surface area contributed by atoms with Crippen molar-refractivity contribution < 1.29 is 32.9 Å². The highest BCUT2D eigenvalue weighted by Gasteiger charge is 2.46. The van der Waals surface area contributed by atoms with E-state index >= 15 is 4.39 Å². The summed E-state index contributed by atoms with van der Waals surface area (Å²) in [4.78, 5) is 67.3. The van der Waals surface area contributed by atoms with Crippen LogP contribution in [0.4, 0.5) is 33.2 Å². The number of rotatable bonds is 11. The molecular formula is C42H46ClFN9O6P. The smallest absolute Gasteiger partial charge is 0.265 e. The number of ether oxygens (including phenoxy) is 1. The maximum atomic E-state index is 15.4. The lowest BCUT2D eigenvalue weighted by atomic mass is 10.0. The van der Waals surface area contributed by atoms with Crippen molar-refractivity contribution in [2.75, 3.05) is 75.2 Å². The first-order chi connectivity index (χ1) is 28.8. The molecule has 0 radical (unpaired) electrons. The maximum Gasteiger partial charge on any atom is 0.265 e. The quantitative estimate of drug-likeness (QED) is 0.133. The van der Waals surface area contributed by atoms with Crippen molar-refractivity contribution in [1.82, 2.24) is 30.0 Å². The van der Waals surface area contributed by atoms with Gasteiger partial charge in [0.1, 0.15) is 29.8 Å². The van der Waals surface area contributed by atoms with Crippen molar-refractivity contribution in [1.29, 1.82) is 0 Å². The molecule has 8 rings (SSSR count). The number of piperazine rings is 1. The van der Waals surface area contributed by atoms with Gasteiger partial charge in [-0.05, 0) is 74.6 Å². The molecule has 0 aliphatic carbocycles. The number of hydrogen-bond donors (Lipinski definition) is 3. The van der Waals surface area contributed by atoms with Gasteiger partial charge in [-0.25, -0.2) is 9.37 Å². The topological polar surface area (TPSA) is 169 Å². The van der Waals surface area contributed by atoms with Crippen LogP contribution < -0.4 is 30.9 Å². The van der Waals surface area contributed by atoms with E-state index in [0.717, 1.165) is 62.7 Å². The first-order valence-corrected chi connectivity index (χ1v) is 22.9. The molecule has 4 aliphatic heterocycles. The van der Waals surface area contributed by atoms with Crippen molar-refractivity contribution in [2.45, 2.75) is 44.3 Å². The van der Waals surface area contributed by atoms with E-state index < -0.39 is 42.6 Å². The number of nitrogens with zero attached hydrogens (tertiary/aromatic N) is 6. The molecule has 4 amide bonds. The van der Waals surface area contributed by atoms with Gasteiger partial charge in [-0.3, -0.25) is 39.2 Å². The molecule has 0 spiro atoms. The molecule has 0 bridgehead atoms. The van der Waals surface area contributed by atoms with Crippen molar-refractivity contribution >= 4 is 76.5 Å². The maximum absolute atomic E-state index is 15.4. The monoisotopic (exact) mass is 857 g/mol. The zero-order valence-electron chi connectivity index (χ0n) is 33.5. The lowest BCUT2D eigenvalue weighted by Crippen LogP contribution is -2.54. The molecule has 1 aromatic heterocycles. The molecule has 314 valence electrons. The van der Waals surface area contributed by atoms with E-state index in [4.69, 9.17) is 16.3 Å². The van der Waals surface area contributed by atoms with Gasteiger partial charge in [0.25, 0.3) is 11.8 Å². The van der Waals surface area contributed by atoms with E-state index in [2.05, 4.69) is 40.6 Å². The number of hydrogen-bond acceptors (Lipinski definition) is 13. The minimum Gasteiger partial charge on any atom is -0.494 e. The molecule has 60 heavy (non-hydrogen) atoms. The fourth-order valence-corrected chi connectivity index (χ4v) is 9.81. The van der Waals surface area contributed by atoms with Crippen LogP contribution in [0.3, 0.4) is 0 Å². The Bertz CT molecular complexity index is 2420. The summed E-state index contributed by atoms with van der Waals surface area (Å²) in [6.45, 7) is 8.83. The van der Waals surface area contributed by atoms with Crippen LogP contribution >= 0.6 is 18.7 Å². The summed E-state index contributed by atoms with van der Waals surface area (Å²) in [6, 6.07) is 15.5. The van der Waals surface area contributed by atoms with Crippen molar-refractivity contribution in [2.24, 2.45) is 0 Å². The van der Waals surface area contributed by atoms with Gasteiger partial charge in [-0.1, -0.05) is 23.7 Å². The lowest BCUT2D eigenvalue weighted by Gasteiger charge is -2.43. The second kappa shape index (κ2) is 16.9. The highest BCUT2D eigenvalue weighted by Crippen LogP contribution is 2.39. The Morgan fingerprint density at radius 3 is 2.38 bits per heavy atom. The number of nitrogens with one attached hydrogen (secondary N) is 3. The molecule has 1 atom stereocenters. The van der Waals surface area contributed by atoms with E-state index in [1.807, 2.05) is 42.5 Å². The van der Waals surface area contributed by atoms with Crippen LogP contribution in [0.25, 0.3) is 0 Å².